The third-order valence-electron chi connectivity index (χ3n) is 23.4. The summed E-state index contributed by atoms with van der Waals surface area (Å²) < 4.78 is 0. The van der Waals surface area contributed by atoms with Crippen molar-refractivity contribution < 1.29 is 60.3 Å². The molecule has 3 atom stereocenters. The third kappa shape index (κ3) is 10.6. The first-order valence-corrected chi connectivity index (χ1v) is 41.3. The Morgan fingerprint density at radius 1 is 0.223 bits per heavy atom. The van der Waals surface area contributed by atoms with Crippen molar-refractivity contribution in [1.82, 2.24) is 15.0 Å². The van der Waals surface area contributed by atoms with E-state index in [1.807, 2.05) is 24.7 Å². The third-order valence-corrected chi connectivity index (χ3v) is 31.0. The van der Waals surface area contributed by atoms with E-state index in [4.69, 9.17) is 15.0 Å². The number of hydrogen-bond acceptors (Lipinski definition) is 3. The van der Waals surface area contributed by atoms with Crippen LogP contribution in [0.4, 0.5) is 0 Å². The number of benzene rings is 14. The van der Waals surface area contributed by atoms with E-state index in [0.29, 0.717) is 0 Å². The summed E-state index contributed by atoms with van der Waals surface area (Å²) in [6.07, 6.45) is 5.87. The van der Waals surface area contributed by atoms with E-state index in [-0.39, 0.29) is 65.7 Å². The molecule has 23 rings (SSSR count). The second-order valence-corrected chi connectivity index (χ2v) is 34.4. The molecule has 0 amide bonds. The van der Waals surface area contributed by atoms with Crippen LogP contribution in [-0.4, -0.2) is 15.0 Å². The van der Waals surface area contributed by atoms with Gasteiger partial charge in [0.15, 0.2) is 0 Å². The molecule has 0 bridgehead atoms. The van der Waals surface area contributed by atoms with Crippen LogP contribution in [0.1, 0.15) is 89.0 Å². The van der Waals surface area contributed by atoms with Crippen molar-refractivity contribution in [2.24, 2.45) is 0 Å². The largest absolute Gasteiger partial charge is 0.256 e. The van der Waals surface area contributed by atoms with E-state index >= 15 is 0 Å². The molecule has 0 fully saturated rings. The van der Waals surface area contributed by atoms with Gasteiger partial charge in [-0.1, -0.05) is 336 Å². The monoisotopic (exact) mass is 2020 g/mol. The van der Waals surface area contributed by atoms with Gasteiger partial charge < -0.3 is 0 Å². The van der Waals surface area contributed by atoms with Crippen LogP contribution in [0.15, 0.2) is 407 Å². The Kier molecular flexibility index (Phi) is 19.5. The maximum atomic E-state index is 5.29. The van der Waals surface area contributed by atoms with Crippen molar-refractivity contribution in [2.45, 2.75) is 21.7 Å². The minimum atomic E-state index is -0.996. The van der Waals surface area contributed by atoms with Gasteiger partial charge in [0.25, 0.3) is 0 Å². The van der Waals surface area contributed by atoms with E-state index in [0.717, 1.165) is 0 Å². The van der Waals surface area contributed by atoms with E-state index in [1.165, 1.54) is 158 Å². The predicted octanol–water partition coefficient (Wildman–Crippen LogP) is 23.7. The fourth-order valence-corrected chi connectivity index (χ4v) is 28.1. The van der Waals surface area contributed by atoms with E-state index < -0.39 is 39.2 Å². The van der Waals surface area contributed by atoms with Crippen molar-refractivity contribution in [3.05, 3.63) is 514 Å². The first-order valence-electron chi connectivity index (χ1n) is 37.3. The number of pyridine rings is 3. The van der Waals surface area contributed by atoms with Gasteiger partial charge in [0, 0.05) is 106 Å². The fourth-order valence-electron chi connectivity index (χ4n) is 19.4. The molecule has 3 nitrogen and oxygen atoms in total. The van der Waals surface area contributed by atoms with Crippen LogP contribution in [0.3, 0.4) is 0 Å². The van der Waals surface area contributed by atoms with Crippen molar-refractivity contribution in [1.29, 1.82) is 0 Å². The summed E-state index contributed by atoms with van der Waals surface area (Å²) >= 11 is 0. The molecule has 14 aromatic carbocycles. The van der Waals surface area contributed by atoms with Gasteiger partial charge in [0.2, 0.25) is 0 Å². The van der Waals surface area contributed by atoms with Crippen molar-refractivity contribution in [2.75, 3.05) is 0 Å². The minimum Gasteiger partial charge on any atom is -0.256 e. The summed E-state index contributed by atoms with van der Waals surface area (Å²) in [5.41, 5.74) is 21.3. The summed E-state index contributed by atoms with van der Waals surface area (Å²) in [5, 5.41) is 14.6. The molecule has 0 saturated heterocycles. The first-order chi connectivity index (χ1) is 54.2. The maximum absolute atomic E-state index is 5.29. The second kappa shape index (κ2) is 29.9. The van der Waals surface area contributed by atoms with Gasteiger partial charge in [0.05, 0.1) is 26.9 Å². The Morgan fingerprint density at radius 3 is 1.00 bits per heavy atom. The van der Waals surface area contributed by atoms with Gasteiger partial charge in [-0.15, -0.1) is 32.2 Å². The Hall–Kier alpha value is -10.5. The predicted molar refractivity (Wildman–Crippen MR) is 454 cm³/mol. The number of rotatable bonds is 8. The summed E-state index contributed by atoms with van der Waals surface area (Å²) in [7, 11) is -2.46. The molecule has 0 N–H and O–H groups in total. The molecule has 9 heterocycles. The molecule has 5 aromatic heterocycles. The molecule has 9 heteroatoms. The zero-order valence-corrected chi connectivity index (χ0v) is 70.2. The van der Waals surface area contributed by atoms with Crippen molar-refractivity contribution in [3.8, 4) is 10.7 Å². The average Bonchev–Trinajstić information content (AvgIpc) is 0.884. The summed E-state index contributed by atoms with van der Waals surface area (Å²) in [5.74, 6) is 0. The van der Waals surface area contributed by atoms with Gasteiger partial charge in [-0.2, -0.15) is 72.8 Å². The van der Waals surface area contributed by atoms with Crippen LogP contribution in [0.25, 0.3) is 52.9 Å². The molecule has 3 radical (unpaired) electrons. The van der Waals surface area contributed by atoms with Crippen LogP contribution < -0.4 is 16.0 Å². The molecular weight excluding hydrogens is 1950 g/mol. The van der Waals surface area contributed by atoms with Gasteiger partial charge in [-0.3, -0.25) is 15.0 Å². The van der Waals surface area contributed by atoms with E-state index in [1.54, 1.807) is 0 Å². The topological polar surface area (TPSA) is 38.7 Å². The van der Waals surface area contributed by atoms with Crippen LogP contribution in [0.2, 0.25) is 0 Å². The molecule has 539 valence electrons. The summed E-state index contributed by atoms with van der Waals surface area (Å²) in [6, 6.07) is 152. The molecule has 0 aliphatic carbocycles. The molecule has 0 spiro atoms. The smallest absolute Gasteiger partial charge is 0.0925 e. The number of hydrogen-bond donors (Lipinski definition) is 0. The molecule has 4 aliphatic heterocycles. The Morgan fingerprint density at radius 2 is 0.527 bits per heavy atom. The SMILES string of the molecule is [Ir].[Ir].[Ir].[c-]1cccc2c1-p1c3ncccc3c3cccc(c31)C2(c1ccccc1)c1ccccc1.[c-]1cccc2c1P1c3ncccc3C(c3ccccc3)(c3ccccc3)c3cccc(c31)C2(c1ccccc1)c1ccccc1.[c-]1cccc2c3cccc4c3p(c12)-c1ncccc1C4(c1ccccc1)c1ccccc1. The fraction of sp³-hybridized carbons (Fsp3) is 0.0388. The molecule has 4 aliphatic rings. The van der Waals surface area contributed by atoms with Crippen LogP contribution in [0.5, 0.6) is 0 Å². The maximum Gasteiger partial charge on any atom is 0.0925 e. The van der Waals surface area contributed by atoms with Crippen LogP contribution in [0, 0.1) is 18.2 Å². The Bertz CT molecular complexity index is 6130. The summed E-state index contributed by atoms with van der Waals surface area (Å²) in [6.45, 7) is 0. The minimum absolute atomic E-state index is 0. The standard InChI is InChI=1S/C43H29NP.2C30H19NP.3Ir/c1-5-17-31(18-6-1)42(32-19-7-2-8-20-32)35-25-13-14-29-39(35)45-40-36(42)26-15-27-37(40)43(33-21-9-3-10-22-33,34-23-11-4-12-24-34)38-28-16-30-44-41(38)45;1-3-11-21(12-4-1)30(22-13-5-2-6-14-22)25-17-7-8-19-27(25)32-28-23(15-9-18-26(28)30)24-16-10-20-31-29(24)32;1-3-11-21(12-4-1)30(22-13-5-2-6-14-22)25-17-9-16-24-23-15-7-8-19-27(23)32(28(24)25)29-26(30)18-10-20-31-29;;;/h1-28,30H;2*1-18,20H;;;/q3*-1;;;. The molecule has 0 saturated carbocycles. The van der Waals surface area contributed by atoms with Crippen LogP contribution >= 0.6 is 23.0 Å². The van der Waals surface area contributed by atoms with Crippen molar-refractivity contribution in [3.63, 3.8) is 0 Å². The normalized spacial score (nSPS) is 14.9. The second-order valence-electron chi connectivity index (χ2n) is 28.5. The number of nitrogens with zero attached hydrogens (tertiary/aromatic N) is 3. The van der Waals surface area contributed by atoms with Gasteiger partial charge >= 0.3 is 0 Å². The molecule has 3 unspecified atom stereocenters. The molecule has 19 aromatic rings. The molecule has 112 heavy (non-hydrogen) atoms. The van der Waals surface area contributed by atoms with Crippen LogP contribution in [-0.2, 0) is 82.0 Å². The van der Waals surface area contributed by atoms with Gasteiger partial charge in [-0.25, -0.2) is 0 Å². The Labute approximate surface area is 696 Å². The number of fused-ring (bicyclic) bond motifs is 14. The number of aromatic nitrogens is 3. The Balaban J connectivity index is 0.000000118. The van der Waals surface area contributed by atoms with E-state index in [2.05, 4.69) is 400 Å². The average molecular weight is 2020 g/mol. The molecular formula is C103H67Ir3N3P3-3. The van der Waals surface area contributed by atoms with Gasteiger partial charge in [-0.05, 0) is 114 Å². The van der Waals surface area contributed by atoms with E-state index in [9.17, 15) is 0 Å². The quantitative estimate of drug-likeness (QED) is 0.112. The summed E-state index contributed by atoms with van der Waals surface area (Å²) in [4.78, 5) is 15.3. The van der Waals surface area contributed by atoms with Gasteiger partial charge in [0.1, 0.15) is 0 Å². The van der Waals surface area contributed by atoms with Crippen molar-refractivity contribution >= 4 is 81.2 Å². The zero-order chi connectivity index (χ0) is 72.1. The first kappa shape index (κ1) is 73.0. The zero-order valence-electron chi connectivity index (χ0n) is 60.4.